The molecule has 0 radical (unpaired) electrons. The first-order valence-corrected chi connectivity index (χ1v) is 7.99. The van der Waals surface area contributed by atoms with Crippen molar-refractivity contribution in [2.24, 2.45) is 0 Å². The number of carbonyl (C=O) groups is 2. The number of pyridine rings is 1. The van der Waals surface area contributed by atoms with Crippen molar-refractivity contribution in [3.8, 4) is 0 Å². The number of aromatic nitrogens is 1. The van der Waals surface area contributed by atoms with Crippen LogP contribution in [0.1, 0.15) is 33.6 Å². The Hall–Kier alpha value is -2.83. The number of likely N-dealkylation sites (tertiary alicyclic amines) is 1. The maximum absolute atomic E-state index is 13.3. The quantitative estimate of drug-likeness (QED) is 0.929. The smallest absolute Gasteiger partial charge is 0.254 e. The van der Waals surface area contributed by atoms with Crippen LogP contribution in [-0.4, -0.2) is 40.8 Å². The first kappa shape index (κ1) is 17.0. The molecule has 2 amide bonds. The minimum Gasteiger partial charge on any atom is -0.349 e. The van der Waals surface area contributed by atoms with Crippen molar-refractivity contribution >= 4 is 11.8 Å². The van der Waals surface area contributed by atoms with Crippen LogP contribution in [0.4, 0.5) is 8.78 Å². The molecule has 0 unspecified atom stereocenters. The lowest BCUT2D eigenvalue weighted by Crippen LogP contribution is -2.46. The molecule has 1 aromatic heterocycles. The fraction of sp³-hybridized carbons (Fsp3) is 0.278. The summed E-state index contributed by atoms with van der Waals surface area (Å²) in [6.45, 7) is 0.823. The van der Waals surface area contributed by atoms with E-state index in [0.29, 0.717) is 31.5 Å². The third-order valence-electron chi connectivity index (χ3n) is 4.15. The number of piperidine rings is 1. The van der Waals surface area contributed by atoms with Gasteiger partial charge < -0.3 is 10.2 Å². The molecule has 2 heterocycles. The standard InChI is InChI=1S/C18H17F2N3O2/c19-14-8-13(9-15(20)10-14)18(25)23-6-3-16(4-7-23)22-17(24)12-2-1-5-21-11-12/h1-2,5,8-11,16H,3-4,6-7H2,(H,22,24). The number of nitrogens with one attached hydrogen (secondary N) is 1. The molecule has 7 heteroatoms. The summed E-state index contributed by atoms with van der Waals surface area (Å²) < 4.78 is 26.5. The van der Waals surface area contributed by atoms with Gasteiger partial charge in [-0.25, -0.2) is 8.78 Å². The number of nitrogens with zero attached hydrogens (tertiary/aromatic N) is 2. The number of carbonyl (C=O) groups excluding carboxylic acids is 2. The summed E-state index contributed by atoms with van der Waals surface area (Å²) in [5.41, 5.74) is 0.478. The van der Waals surface area contributed by atoms with Gasteiger partial charge in [0.15, 0.2) is 0 Å². The number of halogens is 2. The molecule has 1 aliphatic rings. The van der Waals surface area contributed by atoms with Gasteiger partial charge in [-0.3, -0.25) is 14.6 Å². The first-order chi connectivity index (χ1) is 12.0. The van der Waals surface area contributed by atoms with Crippen LogP contribution in [0.5, 0.6) is 0 Å². The second-order valence-electron chi connectivity index (χ2n) is 5.94. The summed E-state index contributed by atoms with van der Waals surface area (Å²) in [6, 6.07) is 6.11. The molecular formula is C18H17F2N3O2. The summed E-state index contributed by atoms with van der Waals surface area (Å²) in [6.07, 6.45) is 4.24. The highest BCUT2D eigenvalue weighted by atomic mass is 19.1. The van der Waals surface area contributed by atoms with Crippen molar-refractivity contribution in [1.29, 1.82) is 0 Å². The van der Waals surface area contributed by atoms with E-state index in [0.717, 1.165) is 18.2 Å². The summed E-state index contributed by atoms with van der Waals surface area (Å²) >= 11 is 0. The molecule has 1 fully saturated rings. The zero-order valence-corrected chi connectivity index (χ0v) is 13.4. The molecule has 3 rings (SSSR count). The Kier molecular flexibility index (Phi) is 5.02. The number of hydrogen-bond donors (Lipinski definition) is 1. The number of amides is 2. The van der Waals surface area contributed by atoms with E-state index in [4.69, 9.17) is 0 Å². The lowest BCUT2D eigenvalue weighted by Gasteiger charge is -2.32. The van der Waals surface area contributed by atoms with Crippen molar-refractivity contribution in [2.75, 3.05) is 13.1 Å². The Bertz CT molecular complexity index is 755. The molecule has 1 N–H and O–H groups in total. The molecule has 0 atom stereocenters. The molecule has 5 nitrogen and oxygen atoms in total. The lowest BCUT2D eigenvalue weighted by molar-refractivity contribution is 0.0697. The van der Waals surface area contributed by atoms with Crippen LogP contribution in [-0.2, 0) is 0 Å². The van der Waals surface area contributed by atoms with Gasteiger partial charge in [-0.2, -0.15) is 0 Å². The van der Waals surface area contributed by atoms with Crippen LogP contribution in [0.2, 0.25) is 0 Å². The Morgan fingerprint density at radius 2 is 1.76 bits per heavy atom. The van der Waals surface area contributed by atoms with Gasteiger partial charge in [0.05, 0.1) is 5.56 Å². The minimum atomic E-state index is -0.776. The van der Waals surface area contributed by atoms with E-state index in [1.54, 1.807) is 23.2 Å². The number of rotatable bonds is 3. The minimum absolute atomic E-state index is 0.00431. The van der Waals surface area contributed by atoms with Crippen molar-refractivity contribution in [3.63, 3.8) is 0 Å². The fourth-order valence-electron chi connectivity index (χ4n) is 2.85. The van der Waals surface area contributed by atoms with E-state index in [2.05, 4.69) is 10.3 Å². The van der Waals surface area contributed by atoms with Crippen molar-refractivity contribution in [3.05, 3.63) is 65.5 Å². The van der Waals surface area contributed by atoms with Crippen LogP contribution in [0.3, 0.4) is 0 Å². The largest absolute Gasteiger partial charge is 0.349 e. The van der Waals surface area contributed by atoms with Gasteiger partial charge in [-0.05, 0) is 37.1 Å². The van der Waals surface area contributed by atoms with Crippen LogP contribution in [0.25, 0.3) is 0 Å². The van der Waals surface area contributed by atoms with Crippen LogP contribution < -0.4 is 5.32 Å². The summed E-state index contributed by atoms with van der Waals surface area (Å²) in [7, 11) is 0. The molecule has 0 spiro atoms. The predicted molar refractivity (Wildman–Crippen MR) is 87.0 cm³/mol. The monoisotopic (exact) mass is 345 g/mol. The highest BCUT2D eigenvalue weighted by Crippen LogP contribution is 2.16. The Morgan fingerprint density at radius 1 is 1.08 bits per heavy atom. The van der Waals surface area contributed by atoms with Crippen molar-refractivity contribution < 1.29 is 18.4 Å². The average molecular weight is 345 g/mol. The van der Waals surface area contributed by atoms with E-state index in [1.165, 1.54) is 6.20 Å². The van der Waals surface area contributed by atoms with E-state index < -0.39 is 17.5 Å². The predicted octanol–water partition coefficient (Wildman–Crippen LogP) is 2.39. The Labute approximate surface area is 143 Å². The van der Waals surface area contributed by atoms with Gasteiger partial charge in [0.25, 0.3) is 11.8 Å². The molecule has 25 heavy (non-hydrogen) atoms. The normalized spacial score (nSPS) is 15.0. The van der Waals surface area contributed by atoms with Crippen molar-refractivity contribution in [2.45, 2.75) is 18.9 Å². The highest BCUT2D eigenvalue weighted by Gasteiger charge is 2.25. The maximum atomic E-state index is 13.3. The second-order valence-corrected chi connectivity index (χ2v) is 5.94. The van der Waals surface area contributed by atoms with E-state index >= 15 is 0 Å². The lowest BCUT2D eigenvalue weighted by atomic mass is 10.0. The van der Waals surface area contributed by atoms with Gasteiger partial charge in [0, 0.05) is 43.2 Å². The number of hydrogen-bond acceptors (Lipinski definition) is 3. The molecule has 0 bridgehead atoms. The molecule has 0 saturated carbocycles. The van der Waals surface area contributed by atoms with Gasteiger partial charge in [-0.1, -0.05) is 0 Å². The Balaban J connectivity index is 1.56. The zero-order chi connectivity index (χ0) is 17.8. The maximum Gasteiger partial charge on any atom is 0.254 e. The zero-order valence-electron chi connectivity index (χ0n) is 13.4. The average Bonchev–Trinajstić information content (AvgIpc) is 2.61. The summed E-state index contributed by atoms with van der Waals surface area (Å²) in [4.78, 5) is 29.9. The van der Waals surface area contributed by atoms with Gasteiger partial charge in [0.1, 0.15) is 11.6 Å². The fourth-order valence-corrected chi connectivity index (χ4v) is 2.85. The van der Waals surface area contributed by atoms with Gasteiger partial charge >= 0.3 is 0 Å². The highest BCUT2D eigenvalue weighted by molar-refractivity contribution is 5.95. The summed E-state index contributed by atoms with van der Waals surface area (Å²) in [5, 5.41) is 2.92. The van der Waals surface area contributed by atoms with E-state index in [1.807, 2.05) is 0 Å². The molecule has 0 aliphatic carbocycles. The molecule has 1 aliphatic heterocycles. The van der Waals surface area contributed by atoms with Gasteiger partial charge in [-0.15, -0.1) is 0 Å². The Morgan fingerprint density at radius 3 is 2.36 bits per heavy atom. The first-order valence-electron chi connectivity index (χ1n) is 7.99. The van der Waals surface area contributed by atoms with Crippen LogP contribution >= 0.6 is 0 Å². The molecule has 1 aromatic carbocycles. The third kappa shape index (κ3) is 4.17. The van der Waals surface area contributed by atoms with Crippen molar-refractivity contribution in [1.82, 2.24) is 15.2 Å². The SMILES string of the molecule is O=C(NC1CCN(C(=O)c2cc(F)cc(F)c2)CC1)c1cccnc1. The second kappa shape index (κ2) is 7.38. The summed E-state index contributed by atoms with van der Waals surface area (Å²) in [5.74, 6) is -2.16. The number of benzene rings is 1. The molecule has 130 valence electrons. The van der Waals surface area contributed by atoms with E-state index in [-0.39, 0.29) is 17.5 Å². The van der Waals surface area contributed by atoms with E-state index in [9.17, 15) is 18.4 Å². The molecule has 1 saturated heterocycles. The molecular weight excluding hydrogens is 328 g/mol. The third-order valence-corrected chi connectivity index (χ3v) is 4.15. The van der Waals surface area contributed by atoms with Crippen LogP contribution in [0, 0.1) is 11.6 Å². The topological polar surface area (TPSA) is 62.3 Å². The van der Waals surface area contributed by atoms with Crippen LogP contribution in [0.15, 0.2) is 42.7 Å². The van der Waals surface area contributed by atoms with Gasteiger partial charge in [0.2, 0.25) is 0 Å². The molecule has 2 aromatic rings.